The molecule has 2 heterocycles. The Morgan fingerprint density at radius 1 is 0.395 bits per heavy atom. The maximum atomic E-state index is 6.30. The van der Waals surface area contributed by atoms with Crippen LogP contribution in [0.1, 0.15) is 0 Å². The number of benzene rings is 6. The summed E-state index contributed by atoms with van der Waals surface area (Å²) >= 11 is 0. The molecule has 8 aromatic rings. The Hall–Kier alpha value is -5.87. The van der Waals surface area contributed by atoms with Crippen molar-refractivity contribution in [3.8, 4) is 56.5 Å². The Morgan fingerprint density at radius 2 is 0.953 bits per heavy atom. The molecule has 4 nitrogen and oxygen atoms in total. The number of aromatic nitrogens is 3. The molecular weight excluding hydrogens is 526 g/mol. The van der Waals surface area contributed by atoms with E-state index in [1.165, 1.54) is 0 Å². The van der Waals surface area contributed by atoms with Crippen LogP contribution in [0.25, 0.3) is 78.4 Å². The minimum atomic E-state index is 0.626. The molecule has 0 aliphatic heterocycles. The van der Waals surface area contributed by atoms with Gasteiger partial charge in [-0.05, 0) is 52.7 Å². The molecule has 8 rings (SSSR count). The second-order valence-corrected chi connectivity index (χ2v) is 10.5. The molecule has 6 aromatic carbocycles. The van der Waals surface area contributed by atoms with E-state index in [0.29, 0.717) is 11.7 Å². The van der Waals surface area contributed by atoms with Gasteiger partial charge in [-0.1, -0.05) is 115 Å². The van der Waals surface area contributed by atoms with Crippen LogP contribution in [-0.4, -0.2) is 15.0 Å². The number of hydrogen-bond acceptors (Lipinski definition) is 4. The van der Waals surface area contributed by atoms with Crippen LogP contribution in [0.5, 0.6) is 0 Å². The van der Waals surface area contributed by atoms with Crippen molar-refractivity contribution in [3.05, 3.63) is 152 Å². The molecule has 0 aliphatic carbocycles. The van der Waals surface area contributed by atoms with Gasteiger partial charge in [0.05, 0.1) is 11.4 Å². The molecule has 0 radical (unpaired) electrons. The molecule has 4 heteroatoms. The highest BCUT2D eigenvalue weighted by Crippen LogP contribution is 2.35. The Balaban J connectivity index is 1.20. The van der Waals surface area contributed by atoms with Gasteiger partial charge in [0, 0.05) is 27.8 Å². The van der Waals surface area contributed by atoms with Gasteiger partial charge in [-0.3, -0.25) is 0 Å². The molecule has 0 N–H and O–H groups in total. The Labute approximate surface area is 249 Å². The molecule has 0 unspecified atom stereocenters. The number of nitrogens with zero attached hydrogens (tertiary/aromatic N) is 3. The van der Waals surface area contributed by atoms with Crippen molar-refractivity contribution in [2.75, 3.05) is 0 Å². The Bertz CT molecular complexity index is 2170. The highest BCUT2D eigenvalue weighted by Gasteiger charge is 2.14. The van der Waals surface area contributed by atoms with Gasteiger partial charge in [0.2, 0.25) is 5.89 Å². The molecule has 43 heavy (non-hydrogen) atoms. The van der Waals surface area contributed by atoms with E-state index in [1.807, 2.05) is 78.9 Å². The van der Waals surface area contributed by atoms with Gasteiger partial charge in [0.25, 0.3) is 0 Å². The molecule has 0 fully saturated rings. The number of rotatable bonds is 5. The first kappa shape index (κ1) is 24.9. The van der Waals surface area contributed by atoms with E-state index in [2.05, 4.69) is 72.8 Å². The third kappa shape index (κ3) is 4.75. The molecule has 2 aromatic heterocycles. The standard InChI is InChI=1S/C39H25N3O/c1-4-11-26(12-5-1)35-25-36(27-13-6-2-7-14-27)41-38(40-35)32-22-20-29-23-31(21-19-30(29)24-32)33-17-10-18-34-37(33)43-39(42-34)28-15-8-3-9-16-28/h1-25H. The van der Waals surface area contributed by atoms with Crippen LogP contribution in [0.2, 0.25) is 0 Å². The second-order valence-electron chi connectivity index (χ2n) is 10.5. The van der Waals surface area contributed by atoms with Gasteiger partial charge >= 0.3 is 0 Å². The SMILES string of the molecule is c1ccc(-c2cc(-c3ccccc3)nc(-c3ccc4cc(-c5cccc6nc(-c7ccccc7)oc56)ccc4c3)n2)cc1. The summed E-state index contributed by atoms with van der Waals surface area (Å²) in [5.41, 5.74) is 9.58. The van der Waals surface area contributed by atoms with Crippen LogP contribution >= 0.6 is 0 Å². The van der Waals surface area contributed by atoms with Crippen molar-refractivity contribution in [2.24, 2.45) is 0 Å². The summed E-state index contributed by atoms with van der Waals surface area (Å²) in [6, 6.07) is 51.6. The summed E-state index contributed by atoms with van der Waals surface area (Å²) in [6.45, 7) is 0. The molecule has 0 saturated carbocycles. The molecule has 0 spiro atoms. The van der Waals surface area contributed by atoms with Crippen LogP contribution < -0.4 is 0 Å². The van der Waals surface area contributed by atoms with E-state index in [4.69, 9.17) is 19.4 Å². The van der Waals surface area contributed by atoms with Crippen LogP contribution in [0.15, 0.2) is 156 Å². The third-order valence-electron chi connectivity index (χ3n) is 7.71. The average molecular weight is 552 g/mol. The number of hydrogen-bond donors (Lipinski definition) is 0. The third-order valence-corrected chi connectivity index (χ3v) is 7.71. The van der Waals surface area contributed by atoms with Crippen LogP contribution in [0.4, 0.5) is 0 Å². The number of fused-ring (bicyclic) bond motifs is 2. The van der Waals surface area contributed by atoms with Crippen LogP contribution in [0, 0.1) is 0 Å². The highest BCUT2D eigenvalue weighted by atomic mass is 16.3. The summed E-state index contributed by atoms with van der Waals surface area (Å²) in [6.07, 6.45) is 0. The summed E-state index contributed by atoms with van der Waals surface area (Å²) in [5, 5.41) is 2.24. The topological polar surface area (TPSA) is 51.8 Å². The molecule has 202 valence electrons. The second kappa shape index (κ2) is 10.5. The normalized spacial score (nSPS) is 11.3. The Morgan fingerprint density at radius 3 is 1.58 bits per heavy atom. The van der Waals surface area contributed by atoms with Crippen molar-refractivity contribution in [2.45, 2.75) is 0 Å². The zero-order valence-corrected chi connectivity index (χ0v) is 23.2. The van der Waals surface area contributed by atoms with Crippen molar-refractivity contribution >= 4 is 21.9 Å². The van der Waals surface area contributed by atoms with Gasteiger partial charge < -0.3 is 4.42 Å². The highest BCUT2D eigenvalue weighted by molar-refractivity contribution is 5.96. The maximum Gasteiger partial charge on any atom is 0.227 e. The summed E-state index contributed by atoms with van der Waals surface area (Å²) in [7, 11) is 0. The van der Waals surface area contributed by atoms with Gasteiger partial charge in [0.15, 0.2) is 11.4 Å². The van der Waals surface area contributed by atoms with Crippen LogP contribution in [-0.2, 0) is 0 Å². The van der Waals surface area contributed by atoms with E-state index in [0.717, 1.165) is 66.6 Å². The summed E-state index contributed by atoms with van der Waals surface area (Å²) in [4.78, 5) is 14.8. The van der Waals surface area contributed by atoms with Crippen molar-refractivity contribution in [3.63, 3.8) is 0 Å². The quantitative estimate of drug-likeness (QED) is 0.214. The van der Waals surface area contributed by atoms with E-state index in [9.17, 15) is 0 Å². The summed E-state index contributed by atoms with van der Waals surface area (Å²) in [5.74, 6) is 1.33. The first-order valence-corrected chi connectivity index (χ1v) is 14.3. The average Bonchev–Trinajstić information content (AvgIpc) is 3.54. The lowest BCUT2D eigenvalue weighted by Gasteiger charge is -2.10. The fourth-order valence-electron chi connectivity index (χ4n) is 5.52. The lowest BCUT2D eigenvalue weighted by Crippen LogP contribution is -1.96. The zero-order chi connectivity index (χ0) is 28.6. The lowest BCUT2D eigenvalue weighted by atomic mass is 9.99. The predicted octanol–water partition coefficient (Wildman–Crippen LogP) is 10.1. The number of para-hydroxylation sites is 1. The zero-order valence-electron chi connectivity index (χ0n) is 23.2. The first-order chi connectivity index (χ1) is 21.3. The van der Waals surface area contributed by atoms with E-state index >= 15 is 0 Å². The van der Waals surface area contributed by atoms with Crippen LogP contribution in [0.3, 0.4) is 0 Å². The van der Waals surface area contributed by atoms with E-state index in [1.54, 1.807) is 0 Å². The van der Waals surface area contributed by atoms with Gasteiger partial charge in [-0.25, -0.2) is 15.0 Å². The van der Waals surface area contributed by atoms with Crippen molar-refractivity contribution in [1.29, 1.82) is 0 Å². The fourth-order valence-corrected chi connectivity index (χ4v) is 5.52. The Kier molecular flexibility index (Phi) is 6.08. The maximum absolute atomic E-state index is 6.30. The number of oxazole rings is 1. The minimum absolute atomic E-state index is 0.626. The molecule has 0 saturated heterocycles. The van der Waals surface area contributed by atoms with E-state index in [-0.39, 0.29) is 0 Å². The van der Waals surface area contributed by atoms with Crippen molar-refractivity contribution in [1.82, 2.24) is 15.0 Å². The fraction of sp³-hybridized carbons (Fsp3) is 0. The molecule has 0 aliphatic rings. The predicted molar refractivity (Wildman–Crippen MR) is 174 cm³/mol. The minimum Gasteiger partial charge on any atom is -0.435 e. The summed E-state index contributed by atoms with van der Waals surface area (Å²) < 4.78 is 6.30. The molecular formula is C39H25N3O. The van der Waals surface area contributed by atoms with Gasteiger partial charge in [0.1, 0.15) is 5.52 Å². The van der Waals surface area contributed by atoms with E-state index < -0.39 is 0 Å². The van der Waals surface area contributed by atoms with Crippen molar-refractivity contribution < 1.29 is 4.42 Å². The van der Waals surface area contributed by atoms with Gasteiger partial charge in [-0.2, -0.15) is 0 Å². The monoisotopic (exact) mass is 551 g/mol. The lowest BCUT2D eigenvalue weighted by molar-refractivity contribution is 0.621. The molecule has 0 bridgehead atoms. The first-order valence-electron chi connectivity index (χ1n) is 14.3. The largest absolute Gasteiger partial charge is 0.435 e. The van der Waals surface area contributed by atoms with Gasteiger partial charge in [-0.15, -0.1) is 0 Å². The molecule has 0 atom stereocenters. The smallest absolute Gasteiger partial charge is 0.227 e. The molecule has 0 amide bonds.